The van der Waals surface area contributed by atoms with E-state index in [1.54, 1.807) is 30.7 Å². The zero-order valence-corrected chi connectivity index (χ0v) is 17.4. The van der Waals surface area contributed by atoms with Crippen molar-refractivity contribution in [2.45, 2.75) is 25.7 Å². The summed E-state index contributed by atoms with van der Waals surface area (Å²) in [6.45, 7) is 1.75. The van der Waals surface area contributed by atoms with Gasteiger partial charge in [0.15, 0.2) is 0 Å². The highest BCUT2D eigenvalue weighted by molar-refractivity contribution is 5.79. The molecule has 1 aliphatic rings. The van der Waals surface area contributed by atoms with Crippen LogP contribution in [0.25, 0.3) is 0 Å². The predicted octanol–water partition coefficient (Wildman–Crippen LogP) is 3.74. The number of hydrogen-bond donors (Lipinski definition) is 2. The molecular formula is C21H23N9O2. The lowest BCUT2D eigenvalue weighted by Crippen LogP contribution is -2.26. The quantitative estimate of drug-likeness (QED) is 0.324. The number of nitro groups is 1. The van der Waals surface area contributed by atoms with Crippen molar-refractivity contribution >= 4 is 35.4 Å². The number of hydrazone groups is 1. The fourth-order valence-electron chi connectivity index (χ4n) is 3.29. The van der Waals surface area contributed by atoms with Crippen LogP contribution in [0, 0.1) is 10.1 Å². The third-order valence-electron chi connectivity index (χ3n) is 4.93. The zero-order valence-electron chi connectivity index (χ0n) is 17.4. The fourth-order valence-corrected chi connectivity index (χ4v) is 3.29. The third-order valence-corrected chi connectivity index (χ3v) is 4.93. The van der Waals surface area contributed by atoms with Gasteiger partial charge in [-0.3, -0.25) is 15.1 Å². The summed E-state index contributed by atoms with van der Waals surface area (Å²) in [7, 11) is 0. The van der Waals surface area contributed by atoms with Crippen molar-refractivity contribution in [3.8, 4) is 0 Å². The number of aromatic nitrogens is 4. The molecule has 1 saturated heterocycles. The molecule has 11 heteroatoms. The Morgan fingerprint density at radius 1 is 0.938 bits per heavy atom. The highest BCUT2D eigenvalue weighted by Crippen LogP contribution is 2.22. The third kappa shape index (κ3) is 5.72. The number of nitro benzene ring substituents is 1. The number of hydrogen-bond acceptors (Lipinski definition) is 10. The molecule has 164 valence electrons. The van der Waals surface area contributed by atoms with E-state index in [4.69, 9.17) is 0 Å². The summed E-state index contributed by atoms with van der Waals surface area (Å²) < 4.78 is 0. The van der Waals surface area contributed by atoms with Crippen LogP contribution in [0.1, 0.15) is 31.2 Å². The SMILES string of the molecule is O=[N+]([O-])c1ccc(Nc2nc(N/N=C\c3ccncc3)nc(N3CCCCCC3)n2)cc1. The lowest BCUT2D eigenvalue weighted by atomic mass is 10.2. The summed E-state index contributed by atoms with van der Waals surface area (Å²) in [6, 6.07) is 9.75. The molecule has 0 unspecified atom stereocenters. The molecule has 0 aliphatic carbocycles. The van der Waals surface area contributed by atoms with Crippen LogP contribution in [0.5, 0.6) is 0 Å². The first-order valence-electron chi connectivity index (χ1n) is 10.4. The monoisotopic (exact) mass is 433 g/mol. The molecule has 1 fully saturated rings. The molecule has 0 radical (unpaired) electrons. The normalized spacial score (nSPS) is 14.2. The minimum Gasteiger partial charge on any atom is -0.341 e. The molecule has 0 amide bonds. The van der Waals surface area contributed by atoms with Gasteiger partial charge in [-0.05, 0) is 42.7 Å². The molecule has 3 heterocycles. The average Bonchev–Trinajstić information content (AvgIpc) is 3.10. The summed E-state index contributed by atoms with van der Waals surface area (Å²) in [5.74, 6) is 1.19. The molecule has 2 aromatic heterocycles. The molecule has 0 saturated carbocycles. The largest absolute Gasteiger partial charge is 0.341 e. The summed E-state index contributed by atoms with van der Waals surface area (Å²) in [4.78, 5) is 30.1. The Morgan fingerprint density at radius 3 is 2.31 bits per heavy atom. The molecule has 1 aromatic carbocycles. The van der Waals surface area contributed by atoms with Crippen molar-refractivity contribution in [3.63, 3.8) is 0 Å². The Balaban J connectivity index is 1.57. The van der Waals surface area contributed by atoms with Crippen molar-refractivity contribution in [2.24, 2.45) is 5.10 Å². The second-order valence-corrected chi connectivity index (χ2v) is 7.26. The fraction of sp³-hybridized carbons (Fsp3) is 0.286. The topological polar surface area (TPSA) is 134 Å². The Morgan fingerprint density at radius 2 is 1.62 bits per heavy atom. The van der Waals surface area contributed by atoms with Gasteiger partial charge in [-0.25, -0.2) is 5.43 Å². The van der Waals surface area contributed by atoms with Gasteiger partial charge in [-0.15, -0.1) is 0 Å². The van der Waals surface area contributed by atoms with Gasteiger partial charge in [0, 0.05) is 43.3 Å². The zero-order chi connectivity index (χ0) is 22.2. The van der Waals surface area contributed by atoms with Crippen molar-refractivity contribution in [1.82, 2.24) is 19.9 Å². The first-order chi connectivity index (χ1) is 15.7. The standard InChI is InChI=1S/C21H23N9O2/c31-30(32)18-7-5-17(6-8-18)24-19-25-20(28-23-15-16-9-11-22-12-10-16)27-21(26-19)29-13-3-1-2-4-14-29/h5-12,15H,1-4,13-14H2,(H2,24,25,26,27,28)/b23-15-. The van der Waals surface area contributed by atoms with Crippen molar-refractivity contribution in [3.05, 3.63) is 64.5 Å². The number of rotatable bonds is 7. The second-order valence-electron chi connectivity index (χ2n) is 7.26. The van der Waals surface area contributed by atoms with Crippen LogP contribution in [0.4, 0.5) is 29.2 Å². The summed E-state index contributed by atoms with van der Waals surface area (Å²) >= 11 is 0. The molecule has 32 heavy (non-hydrogen) atoms. The summed E-state index contributed by atoms with van der Waals surface area (Å²) in [6.07, 6.45) is 9.58. The van der Waals surface area contributed by atoms with Gasteiger partial charge in [-0.2, -0.15) is 20.1 Å². The van der Waals surface area contributed by atoms with Crippen molar-refractivity contribution in [2.75, 3.05) is 28.7 Å². The summed E-state index contributed by atoms with van der Waals surface area (Å²) in [5.41, 5.74) is 4.41. The molecule has 1 aliphatic heterocycles. The Bertz CT molecular complexity index is 1070. The van der Waals surface area contributed by atoms with E-state index in [0.29, 0.717) is 23.5 Å². The van der Waals surface area contributed by atoms with E-state index in [1.807, 2.05) is 12.1 Å². The van der Waals surface area contributed by atoms with E-state index in [-0.39, 0.29) is 5.69 Å². The maximum atomic E-state index is 10.9. The van der Waals surface area contributed by atoms with Crippen LogP contribution < -0.4 is 15.6 Å². The van der Waals surface area contributed by atoms with E-state index in [1.165, 1.54) is 25.0 Å². The van der Waals surface area contributed by atoms with Gasteiger partial charge in [0.05, 0.1) is 11.1 Å². The minimum absolute atomic E-state index is 0.0178. The predicted molar refractivity (Wildman–Crippen MR) is 122 cm³/mol. The van der Waals surface area contributed by atoms with Crippen LogP contribution in [0.15, 0.2) is 53.9 Å². The summed E-state index contributed by atoms with van der Waals surface area (Å²) in [5, 5.41) is 18.2. The number of benzene rings is 1. The minimum atomic E-state index is -0.438. The molecular weight excluding hydrogens is 410 g/mol. The van der Waals surface area contributed by atoms with E-state index in [2.05, 4.69) is 40.7 Å². The lowest BCUT2D eigenvalue weighted by molar-refractivity contribution is -0.384. The maximum Gasteiger partial charge on any atom is 0.269 e. The van der Waals surface area contributed by atoms with E-state index >= 15 is 0 Å². The Labute approximate surface area is 184 Å². The second kappa shape index (κ2) is 10.2. The van der Waals surface area contributed by atoms with Crippen LogP contribution in [0.2, 0.25) is 0 Å². The highest BCUT2D eigenvalue weighted by atomic mass is 16.6. The van der Waals surface area contributed by atoms with Crippen LogP contribution >= 0.6 is 0 Å². The number of pyridine rings is 1. The number of nitrogens with zero attached hydrogens (tertiary/aromatic N) is 7. The first kappa shape index (κ1) is 21.1. The van der Waals surface area contributed by atoms with Crippen molar-refractivity contribution in [1.29, 1.82) is 0 Å². The number of non-ortho nitro benzene ring substituents is 1. The number of anilines is 4. The van der Waals surface area contributed by atoms with Gasteiger partial charge in [0.1, 0.15) is 0 Å². The average molecular weight is 433 g/mol. The number of nitrogens with one attached hydrogen (secondary N) is 2. The highest BCUT2D eigenvalue weighted by Gasteiger charge is 2.16. The lowest BCUT2D eigenvalue weighted by Gasteiger charge is -2.21. The molecule has 4 rings (SSSR count). The molecule has 0 spiro atoms. The van der Waals surface area contributed by atoms with Gasteiger partial charge >= 0.3 is 0 Å². The Hall–Kier alpha value is -4.15. The molecule has 3 aromatic rings. The molecule has 2 N–H and O–H groups in total. The van der Waals surface area contributed by atoms with E-state index in [9.17, 15) is 10.1 Å². The smallest absolute Gasteiger partial charge is 0.269 e. The molecule has 11 nitrogen and oxygen atoms in total. The van der Waals surface area contributed by atoms with Gasteiger partial charge in [0.2, 0.25) is 17.8 Å². The van der Waals surface area contributed by atoms with Gasteiger partial charge < -0.3 is 10.2 Å². The van der Waals surface area contributed by atoms with Crippen molar-refractivity contribution < 1.29 is 4.92 Å². The molecule has 0 bridgehead atoms. The maximum absolute atomic E-state index is 10.9. The first-order valence-corrected chi connectivity index (χ1v) is 10.4. The Kier molecular flexibility index (Phi) is 6.75. The van der Waals surface area contributed by atoms with Crippen LogP contribution in [-0.4, -0.2) is 44.2 Å². The van der Waals surface area contributed by atoms with Gasteiger partial charge in [-0.1, -0.05) is 12.8 Å². The van der Waals surface area contributed by atoms with Crippen LogP contribution in [0.3, 0.4) is 0 Å². The molecule has 0 atom stereocenters. The van der Waals surface area contributed by atoms with Crippen LogP contribution in [-0.2, 0) is 0 Å². The van der Waals surface area contributed by atoms with Gasteiger partial charge in [0.25, 0.3) is 5.69 Å². The van der Waals surface area contributed by atoms with E-state index in [0.717, 1.165) is 31.5 Å². The van der Waals surface area contributed by atoms with E-state index < -0.39 is 4.92 Å².